The average molecular weight is 315 g/mol. The average Bonchev–Trinajstić information content (AvgIpc) is 3.33. The van der Waals surface area contributed by atoms with E-state index in [9.17, 15) is 9.90 Å². The third-order valence-electron chi connectivity index (χ3n) is 6.08. The number of carboxylic acid groups (broad SMARTS) is 1. The van der Waals surface area contributed by atoms with Crippen molar-refractivity contribution in [1.82, 2.24) is 5.32 Å². The number of ether oxygens (including phenoxy) is 1. The number of carbonyl (C=O) groups is 1. The molecule has 3 aliphatic rings. The number of fused-ring (bicyclic) bond motifs is 1. The van der Waals surface area contributed by atoms with Crippen molar-refractivity contribution >= 4 is 5.97 Å². The van der Waals surface area contributed by atoms with Gasteiger partial charge in [0, 0.05) is 0 Å². The first-order chi connectivity index (χ1) is 11.1. The molecule has 2 fully saturated rings. The van der Waals surface area contributed by atoms with Gasteiger partial charge in [-0.25, -0.2) is 0 Å². The number of rotatable bonds is 5. The second-order valence-electron chi connectivity index (χ2n) is 7.56. The second-order valence-corrected chi connectivity index (χ2v) is 7.56. The van der Waals surface area contributed by atoms with Crippen molar-refractivity contribution in [3.63, 3.8) is 0 Å². The van der Waals surface area contributed by atoms with Crippen LogP contribution >= 0.6 is 0 Å². The SMILES string of the molecule is CC(C(=O)O)(c1ccc2c(c1)OCCC2)C(C1CC1)C1CNC1. The maximum absolute atomic E-state index is 12.3. The smallest absolute Gasteiger partial charge is 0.314 e. The van der Waals surface area contributed by atoms with Crippen LogP contribution in [0.5, 0.6) is 5.75 Å². The van der Waals surface area contributed by atoms with Gasteiger partial charge in [-0.15, -0.1) is 0 Å². The van der Waals surface area contributed by atoms with Crippen LogP contribution in [0, 0.1) is 17.8 Å². The fraction of sp³-hybridized carbons (Fsp3) is 0.632. The van der Waals surface area contributed by atoms with E-state index in [0.29, 0.717) is 11.8 Å². The van der Waals surface area contributed by atoms with Crippen LogP contribution in [0.1, 0.15) is 37.3 Å². The lowest BCUT2D eigenvalue weighted by Crippen LogP contribution is -2.55. The van der Waals surface area contributed by atoms with E-state index in [1.807, 2.05) is 19.1 Å². The zero-order valence-corrected chi connectivity index (χ0v) is 13.7. The van der Waals surface area contributed by atoms with Gasteiger partial charge < -0.3 is 15.2 Å². The Bertz CT molecular complexity index is 621. The van der Waals surface area contributed by atoms with E-state index in [0.717, 1.165) is 43.9 Å². The maximum atomic E-state index is 12.3. The summed E-state index contributed by atoms with van der Waals surface area (Å²) in [4.78, 5) is 12.3. The lowest BCUT2D eigenvalue weighted by Gasteiger charge is -2.44. The summed E-state index contributed by atoms with van der Waals surface area (Å²) >= 11 is 0. The molecule has 4 nitrogen and oxygen atoms in total. The molecule has 2 N–H and O–H groups in total. The first-order valence-electron chi connectivity index (χ1n) is 8.81. The molecule has 4 heteroatoms. The van der Waals surface area contributed by atoms with Crippen molar-refractivity contribution in [3.8, 4) is 5.75 Å². The van der Waals surface area contributed by atoms with Crippen molar-refractivity contribution < 1.29 is 14.6 Å². The Balaban J connectivity index is 1.75. The number of carboxylic acids is 1. The molecule has 0 spiro atoms. The summed E-state index contributed by atoms with van der Waals surface area (Å²) in [6.45, 7) is 4.57. The Morgan fingerprint density at radius 2 is 2.13 bits per heavy atom. The Labute approximate surface area is 137 Å². The van der Waals surface area contributed by atoms with Crippen LogP contribution < -0.4 is 10.1 Å². The fourth-order valence-corrected chi connectivity index (χ4v) is 4.47. The number of aryl methyl sites for hydroxylation is 1. The predicted molar refractivity (Wildman–Crippen MR) is 87.8 cm³/mol. The Morgan fingerprint density at radius 3 is 2.74 bits per heavy atom. The lowest BCUT2D eigenvalue weighted by molar-refractivity contribution is -0.147. The molecule has 2 aliphatic heterocycles. The van der Waals surface area contributed by atoms with Crippen LogP contribution in [0.3, 0.4) is 0 Å². The summed E-state index contributed by atoms with van der Waals surface area (Å²) in [5.41, 5.74) is 1.29. The topological polar surface area (TPSA) is 58.6 Å². The summed E-state index contributed by atoms with van der Waals surface area (Å²) in [5, 5.41) is 13.5. The number of hydrogen-bond acceptors (Lipinski definition) is 3. The van der Waals surface area contributed by atoms with Gasteiger partial charge in [0.15, 0.2) is 0 Å². The highest BCUT2D eigenvalue weighted by atomic mass is 16.5. The van der Waals surface area contributed by atoms with Crippen molar-refractivity contribution in [1.29, 1.82) is 0 Å². The van der Waals surface area contributed by atoms with Gasteiger partial charge in [0.05, 0.1) is 12.0 Å². The highest BCUT2D eigenvalue weighted by molar-refractivity contribution is 5.82. The summed E-state index contributed by atoms with van der Waals surface area (Å²) in [6, 6.07) is 6.11. The van der Waals surface area contributed by atoms with Gasteiger partial charge in [-0.2, -0.15) is 0 Å². The molecule has 2 heterocycles. The Hall–Kier alpha value is -1.55. The molecule has 0 amide bonds. The molecule has 2 atom stereocenters. The van der Waals surface area contributed by atoms with E-state index in [4.69, 9.17) is 4.74 Å². The van der Waals surface area contributed by atoms with Crippen molar-refractivity contribution in [2.45, 2.75) is 38.0 Å². The minimum Gasteiger partial charge on any atom is -0.493 e. The van der Waals surface area contributed by atoms with E-state index in [1.54, 1.807) is 0 Å². The summed E-state index contributed by atoms with van der Waals surface area (Å²) < 4.78 is 5.79. The van der Waals surface area contributed by atoms with Gasteiger partial charge >= 0.3 is 5.97 Å². The zero-order valence-electron chi connectivity index (χ0n) is 13.7. The second kappa shape index (κ2) is 5.52. The van der Waals surface area contributed by atoms with Gasteiger partial charge in [0.1, 0.15) is 5.75 Å². The van der Waals surface area contributed by atoms with Gasteiger partial charge in [0.2, 0.25) is 0 Å². The van der Waals surface area contributed by atoms with E-state index in [-0.39, 0.29) is 5.92 Å². The molecule has 1 aromatic carbocycles. The molecule has 124 valence electrons. The molecule has 0 radical (unpaired) electrons. The molecule has 1 aromatic rings. The molecular weight excluding hydrogens is 290 g/mol. The molecule has 1 saturated heterocycles. The molecule has 1 saturated carbocycles. The third-order valence-corrected chi connectivity index (χ3v) is 6.08. The fourth-order valence-electron chi connectivity index (χ4n) is 4.47. The molecule has 23 heavy (non-hydrogen) atoms. The summed E-state index contributed by atoms with van der Waals surface area (Å²) in [5.74, 6) is 1.43. The van der Waals surface area contributed by atoms with Crippen molar-refractivity contribution in [2.75, 3.05) is 19.7 Å². The number of aliphatic carboxylic acids is 1. The van der Waals surface area contributed by atoms with Crippen molar-refractivity contribution in [3.05, 3.63) is 29.3 Å². The minimum absolute atomic E-state index is 0.211. The van der Waals surface area contributed by atoms with Gasteiger partial charge in [-0.1, -0.05) is 12.1 Å². The zero-order chi connectivity index (χ0) is 16.0. The monoisotopic (exact) mass is 315 g/mol. The normalized spacial score (nSPS) is 24.7. The van der Waals surface area contributed by atoms with Crippen LogP contribution in [0.15, 0.2) is 18.2 Å². The molecule has 0 bridgehead atoms. The van der Waals surface area contributed by atoms with Crippen molar-refractivity contribution in [2.24, 2.45) is 17.8 Å². The predicted octanol–water partition coefficient (Wildman–Crippen LogP) is 2.60. The molecule has 4 rings (SSSR count). The largest absolute Gasteiger partial charge is 0.493 e. The summed E-state index contributed by atoms with van der Waals surface area (Å²) in [6.07, 6.45) is 4.41. The molecule has 1 aliphatic carbocycles. The molecule has 2 unspecified atom stereocenters. The van der Waals surface area contributed by atoms with Gasteiger partial charge in [0.25, 0.3) is 0 Å². The quantitative estimate of drug-likeness (QED) is 0.877. The number of nitrogens with one attached hydrogen (secondary N) is 1. The van der Waals surface area contributed by atoms with Crippen LogP contribution in [0.25, 0.3) is 0 Å². The van der Waals surface area contributed by atoms with Crippen LogP contribution in [-0.4, -0.2) is 30.8 Å². The van der Waals surface area contributed by atoms with E-state index in [2.05, 4.69) is 11.4 Å². The number of hydrogen-bond donors (Lipinski definition) is 2. The van der Waals surface area contributed by atoms with E-state index in [1.165, 1.54) is 18.4 Å². The maximum Gasteiger partial charge on any atom is 0.314 e. The van der Waals surface area contributed by atoms with E-state index >= 15 is 0 Å². The Morgan fingerprint density at radius 1 is 1.35 bits per heavy atom. The highest BCUT2D eigenvalue weighted by Crippen LogP contribution is 2.52. The molecule has 0 aromatic heterocycles. The highest BCUT2D eigenvalue weighted by Gasteiger charge is 2.54. The first kappa shape index (κ1) is 15.0. The summed E-state index contributed by atoms with van der Waals surface area (Å²) in [7, 11) is 0. The van der Waals surface area contributed by atoms with Crippen LogP contribution in [0.2, 0.25) is 0 Å². The Kier molecular flexibility index (Phi) is 3.60. The standard InChI is InChI=1S/C19H25NO3/c1-19(18(21)22,17(13-4-5-13)14-10-20-11-14)15-7-6-12-3-2-8-23-16(12)9-15/h6-7,9,13-14,17,20H,2-5,8,10-11H2,1H3,(H,21,22). The lowest BCUT2D eigenvalue weighted by atomic mass is 9.63. The van der Waals surface area contributed by atoms with Gasteiger partial charge in [-0.05, 0) is 80.6 Å². The minimum atomic E-state index is -0.830. The number of benzene rings is 1. The molecular formula is C19H25NO3. The third kappa shape index (κ3) is 2.44. The van der Waals surface area contributed by atoms with E-state index < -0.39 is 11.4 Å². The van der Waals surface area contributed by atoms with Crippen LogP contribution in [0.4, 0.5) is 0 Å². The van der Waals surface area contributed by atoms with Crippen LogP contribution in [-0.2, 0) is 16.6 Å². The van der Waals surface area contributed by atoms with Gasteiger partial charge in [-0.3, -0.25) is 4.79 Å². The first-order valence-corrected chi connectivity index (χ1v) is 8.81.